The second kappa shape index (κ2) is 4.53. The zero-order valence-electron chi connectivity index (χ0n) is 11.1. The van der Waals surface area contributed by atoms with Gasteiger partial charge < -0.3 is 9.73 Å². The third-order valence-corrected chi connectivity index (χ3v) is 3.30. The van der Waals surface area contributed by atoms with E-state index in [4.69, 9.17) is 4.42 Å². The van der Waals surface area contributed by atoms with Crippen molar-refractivity contribution in [3.05, 3.63) is 41.3 Å². The number of carbonyl (C=O) groups excluding carboxylic acids is 1. The number of hydrogen-bond donors (Lipinski definition) is 1. The highest BCUT2D eigenvalue weighted by Crippen LogP contribution is 2.25. The maximum absolute atomic E-state index is 12.0. The van der Waals surface area contributed by atoms with Crippen molar-refractivity contribution < 1.29 is 9.21 Å². The highest BCUT2D eigenvalue weighted by atomic mass is 16.4. The summed E-state index contributed by atoms with van der Waals surface area (Å²) in [6, 6.07) is 8.17. The van der Waals surface area contributed by atoms with Crippen LogP contribution in [-0.4, -0.2) is 16.9 Å². The summed E-state index contributed by atoms with van der Waals surface area (Å²) in [5, 5.41) is 2.93. The third-order valence-electron chi connectivity index (χ3n) is 3.30. The van der Waals surface area contributed by atoms with Crippen molar-refractivity contribution in [1.29, 1.82) is 0 Å². The van der Waals surface area contributed by atoms with Crippen LogP contribution in [0.3, 0.4) is 0 Å². The molecule has 4 nitrogen and oxygen atoms in total. The Labute approximate surface area is 111 Å². The van der Waals surface area contributed by atoms with Gasteiger partial charge in [-0.3, -0.25) is 4.79 Å². The smallest absolute Gasteiger partial charge is 0.273 e. The van der Waals surface area contributed by atoms with Gasteiger partial charge in [-0.2, -0.15) is 0 Å². The van der Waals surface area contributed by atoms with Gasteiger partial charge in [-0.15, -0.1) is 0 Å². The molecule has 1 aromatic carbocycles. The van der Waals surface area contributed by atoms with E-state index < -0.39 is 0 Å². The zero-order chi connectivity index (χ0) is 13.4. The Kier molecular flexibility index (Phi) is 2.85. The molecule has 2 aromatic rings. The van der Waals surface area contributed by atoms with E-state index in [0.29, 0.717) is 23.4 Å². The minimum absolute atomic E-state index is 0.136. The summed E-state index contributed by atoms with van der Waals surface area (Å²) in [5.74, 6) is 0.941. The maximum Gasteiger partial charge on any atom is 0.273 e. The largest absolute Gasteiger partial charge is 0.441 e. The number of benzene rings is 1. The average Bonchev–Trinajstić information content (AvgIpc) is 3.10. The maximum atomic E-state index is 12.0. The fourth-order valence-corrected chi connectivity index (χ4v) is 2.02. The van der Waals surface area contributed by atoms with Crippen LogP contribution in [0.4, 0.5) is 0 Å². The molecule has 0 atom stereocenters. The molecular formula is C15H16N2O2. The Morgan fingerprint density at radius 3 is 2.74 bits per heavy atom. The number of amides is 1. The van der Waals surface area contributed by atoms with Crippen LogP contribution < -0.4 is 5.32 Å². The molecule has 0 aliphatic heterocycles. The number of nitrogens with one attached hydrogen (secondary N) is 1. The monoisotopic (exact) mass is 256 g/mol. The molecule has 0 radical (unpaired) electrons. The van der Waals surface area contributed by atoms with E-state index in [0.717, 1.165) is 24.0 Å². The summed E-state index contributed by atoms with van der Waals surface area (Å²) in [5.41, 5.74) is 2.40. The van der Waals surface area contributed by atoms with Gasteiger partial charge in [0.15, 0.2) is 5.69 Å². The first-order chi connectivity index (χ1) is 9.15. The van der Waals surface area contributed by atoms with Crippen LogP contribution in [0.15, 0.2) is 28.7 Å². The van der Waals surface area contributed by atoms with Crippen LogP contribution in [0.25, 0.3) is 11.5 Å². The second-order valence-corrected chi connectivity index (χ2v) is 4.99. The molecule has 0 saturated heterocycles. The Morgan fingerprint density at radius 1 is 1.32 bits per heavy atom. The Morgan fingerprint density at radius 2 is 2.05 bits per heavy atom. The molecule has 19 heavy (non-hydrogen) atoms. The van der Waals surface area contributed by atoms with Crippen LogP contribution in [0.1, 0.15) is 34.7 Å². The lowest BCUT2D eigenvalue weighted by atomic mass is 10.1. The van der Waals surface area contributed by atoms with Gasteiger partial charge in [-0.25, -0.2) is 4.98 Å². The van der Waals surface area contributed by atoms with E-state index in [1.165, 1.54) is 0 Å². The van der Waals surface area contributed by atoms with Gasteiger partial charge in [0.05, 0.1) is 0 Å². The minimum Gasteiger partial charge on any atom is -0.441 e. The van der Waals surface area contributed by atoms with Crippen LogP contribution in [0.5, 0.6) is 0 Å². The molecule has 0 spiro atoms. The molecule has 1 aliphatic rings. The summed E-state index contributed by atoms with van der Waals surface area (Å²) >= 11 is 0. The predicted molar refractivity (Wildman–Crippen MR) is 71.9 cm³/mol. The molecule has 1 aromatic heterocycles. The number of rotatable bonds is 3. The highest BCUT2D eigenvalue weighted by Gasteiger charge is 2.26. The van der Waals surface area contributed by atoms with E-state index in [1.54, 1.807) is 6.92 Å². The predicted octanol–water partition coefficient (Wildman–Crippen LogP) is 2.85. The summed E-state index contributed by atoms with van der Waals surface area (Å²) < 4.78 is 5.63. The topological polar surface area (TPSA) is 55.1 Å². The quantitative estimate of drug-likeness (QED) is 0.918. The van der Waals surface area contributed by atoms with Crippen molar-refractivity contribution in [2.75, 3.05) is 0 Å². The summed E-state index contributed by atoms with van der Waals surface area (Å²) in [7, 11) is 0. The summed E-state index contributed by atoms with van der Waals surface area (Å²) in [6.07, 6.45) is 2.13. The first-order valence-electron chi connectivity index (χ1n) is 6.49. The number of carbonyl (C=O) groups is 1. The van der Waals surface area contributed by atoms with Crippen LogP contribution in [0.2, 0.25) is 0 Å². The molecule has 1 heterocycles. The van der Waals surface area contributed by atoms with E-state index in [9.17, 15) is 4.79 Å². The lowest BCUT2D eigenvalue weighted by molar-refractivity contribution is 0.0945. The first kappa shape index (κ1) is 12.0. The fourth-order valence-electron chi connectivity index (χ4n) is 2.02. The second-order valence-electron chi connectivity index (χ2n) is 4.99. The van der Waals surface area contributed by atoms with Gasteiger partial charge >= 0.3 is 0 Å². The molecule has 1 fully saturated rings. The zero-order valence-corrected chi connectivity index (χ0v) is 11.1. The number of aryl methyl sites for hydroxylation is 2. The molecule has 3 rings (SSSR count). The molecule has 1 aliphatic carbocycles. The van der Waals surface area contributed by atoms with E-state index in [1.807, 2.05) is 31.2 Å². The highest BCUT2D eigenvalue weighted by molar-refractivity contribution is 5.94. The van der Waals surface area contributed by atoms with E-state index in [-0.39, 0.29) is 5.91 Å². The van der Waals surface area contributed by atoms with Gasteiger partial charge in [-0.05, 0) is 38.3 Å². The van der Waals surface area contributed by atoms with Gasteiger partial charge in [0.25, 0.3) is 5.91 Å². The van der Waals surface area contributed by atoms with Crippen molar-refractivity contribution in [2.45, 2.75) is 32.7 Å². The molecule has 1 amide bonds. The van der Waals surface area contributed by atoms with Gasteiger partial charge in [0, 0.05) is 11.6 Å². The average molecular weight is 256 g/mol. The Hall–Kier alpha value is -2.10. The van der Waals surface area contributed by atoms with E-state index >= 15 is 0 Å². The fraction of sp³-hybridized carbons (Fsp3) is 0.333. The first-order valence-corrected chi connectivity index (χ1v) is 6.49. The molecule has 4 heteroatoms. The number of nitrogens with zero attached hydrogens (tertiary/aromatic N) is 1. The summed E-state index contributed by atoms with van der Waals surface area (Å²) in [6.45, 7) is 3.77. The molecule has 0 bridgehead atoms. The van der Waals surface area contributed by atoms with E-state index in [2.05, 4.69) is 10.3 Å². The molecular weight excluding hydrogens is 240 g/mol. The van der Waals surface area contributed by atoms with Gasteiger partial charge in [0.1, 0.15) is 5.76 Å². The number of aromatic nitrogens is 1. The summed E-state index contributed by atoms with van der Waals surface area (Å²) in [4.78, 5) is 16.4. The van der Waals surface area contributed by atoms with Crippen LogP contribution >= 0.6 is 0 Å². The van der Waals surface area contributed by atoms with Crippen molar-refractivity contribution in [3.8, 4) is 11.5 Å². The standard InChI is InChI=1S/C15H16N2O2/c1-9-5-3-4-6-12(9)15-17-13(10(2)19-15)14(18)16-11-7-8-11/h3-6,11H,7-8H2,1-2H3,(H,16,18). The Balaban J connectivity index is 1.92. The van der Waals surface area contributed by atoms with Crippen molar-refractivity contribution in [3.63, 3.8) is 0 Å². The van der Waals surface area contributed by atoms with Crippen LogP contribution in [-0.2, 0) is 0 Å². The van der Waals surface area contributed by atoms with Crippen LogP contribution in [0, 0.1) is 13.8 Å². The van der Waals surface area contributed by atoms with Crippen molar-refractivity contribution in [1.82, 2.24) is 10.3 Å². The SMILES string of the molecule is Cc1ccccc1-c1nc(C(=O)NC2CC2)c(C)o1. The minimum atomic E-state index is -0.136. The van der Waals surface area contributed by atoms with Crippen molar-refractivity contribution in [2.24, 2.45) is 0 Å². The molecule has 1 saturated carbocycles. The normalized spacial score (nSPS) is 14.4. The van der Waals surface area contributed by atoms with Crippen molar-refractivity contribution >= 4 is 5.91 Å². The molecule has 98 valence electrons. The van der Waals surface area contributed by atoms with Gasteiger partial charge in [0.2, 0.25) is 5.89 Å². The number of oxazole rings is 1. The molecule has 1 N–H and O–H groups in total. The van der Waals surface area contributed by atoms with Gasteiger partial charge in [-0.1, -0.05) is 18.2 Å². The number of hydrogen-bond acceptors (Lipinski definition) is 3. The Bertz CT molecular complexity index is 627. The lowest BCUT2D eigenvalue weighted by Gasteiger charge is -1.99. The third kappa shape index (κ3) is 2.38. The molecule has 0 unspecified atom stereocenters. The lowest BCUT2D eigenvalue weighted by Crippen LogP contribution is -2.26.